The molecule has 2 heterocycles. The van der Waals surface area contributed by atoms with E-state index in [-0.39, 0.29) is 0 Å². The number of aliphatic hydroxyl groups excluding tert-OH is 8. The first kappa shape index (κ1) is 24.0. The fraction of sp³-hybridized carbons (Fsp3) is 0.619. The molecule has 0 aliphatic carbocycles. The number of rotatable bonds is 3. The molecule has 1 aromatic carbocycles. The molecule has 0 amide bonds. The number of benzene rings is 1. The van der Waals surface area contributed by atoms with Crippen molar-refractivity contribution in [2.45, 2.75) is 68.0 Å². The van der Waals surface area contributed by atoms with Crippen LogP contribution in [-0.4, -0.2) is 109 Å². The molecule has 10 heteroatoms. The van der Waals surface area contributed by atoms with Gasteiger partial charge < -0.3 is 50.3 Å². The van der Waals surface area contributed by atoms with Crippen molar-refractivity contribution in [2.24, 2.45) is 0 Å². The van der Waals surface area contributed by atoms with Crippen molar-refractivity contribution in [2.75, 3.05) is 13.2 Å². The summed E-state index contributed by atoms with van der Waals surface area (Å²) in [5, 5.41) is 78.5. The summed E-state index contributed by atoms with van der Waals surface area (Å²) < 4.78 is 10.9. The Labute approximate surface area is 178 Å². The number of hydrogen-bond acceptors (Lipinski definition) is 10. The van der Waals surface area contributed by atoms with E-state index in [0.717, 1.165) is 0 Å². The van der Waals surface area contributed by atoms with E-state index in [1.807, 2.05) is 0 Å². The number of aryl methyl sites for hydroxylation is 1. The van der Waals surface area contributed by atoms with Crippen molar-refractivity contribution in [3.05, 3.63) is 34.9 Å². The van der Waals surface area contributed by atoms with Gasteiger partial charge in [0.1, 0.15) is 61.0 Å². The first-order valence-corrected chi connectivity index (χ1v) is 9.92. The van der Waals surface area contributed by atoms with Crippen LogP contribution in [0.25, 0.3) is 0 Å². The monoisotopic (exact) mass is 440 g/mol. The molecule has 1 aromatic rings. The summed E-state index contributed by atoms with van der Waals surface area (Å²) in [7, 11) is 0. The summed E-state index contributed by atoms with van der Waals surface area (Å²) in [6.07, 6.45) is -12.9. The van der Waals surface area contributed by atoms with Gasteiger partial charge in [-0.25, -0.2) is 0 Å². The van der Waals surface area contributed by atoms with E-state index in [9.17, 15) is 40.9 Å². The highest BCUT2D eigenvalue weighted by molar-refractivity contribution is 5.44. The fourth-order valence-electron chi connectivity index (χ4n) is 3.75. The highest BCUT2D eigenvalue weighted by Gasteiger charge is 2.44. The Kier molecular flexibility index (Phi) is 7.67. The second kappa shape index (κ2) is 9.89. The van der Waals surface area contributed by atoms with E-state index < -0.39 is 74.3 Å². The average molecular weight is 440 g/mol. The predicted octanol–water partition coefficient (Wildman–Crippen LogP) is -3.30. The van der Waals surface area contributed by atoms with E-state index >= 15 is 0 Å². The predicted molar refractivity (Wildman–Crippen MR) is 105 cm³/mol. The van der Waals surface area contributed by atoms with Crippen molar-refractivity contribution >= 4 is 0 Å². The van der Waals surface area contributed by atoms with Gasteiger partial charge in [0.25, 0.3) is 0 Å². The number of hydrogen-bond donors (Lipinski definition) is 8. The lowest BCUT2D eigenvalue weighted by molar-refractivity contribution is -0.231. The molecule has 0 radical (unpaired) electrons. The summed E-state index contributed by atoms with van der Waals surface area (Å²) in [6, 6.07) is 4.91. The molecule has 7 unspecified atom stereocenters. The zero-order valence-electron chi connectivity index (χ0n) is 16.8. The maximum absolute atomic E-state index is 10.3. The third-order valence-corrected chi connectivity index (χ3v) is 5.71. The van der Waals surface area contributed by atoms with Crippen LogP contribution in [0.15, 0.2) is 18.2 Å². The van der Waals surface area contributed by atoms with Gasteiger partial charge in [0.15, 0.2) is 0 Å². The molecule has 0 spiro atoms. The highest BCUT2D eigenvalue weighted by atomic mass is 16.5. The van der Waals surface area contributed by atoms with Crippen LogP contribution >= 0.6 is 0 Å². The van der Waals surface area contributed by atoms with Gasteiger partial charge >= 0.3 is 0 Å². The van der Waals surface area contributed by atoms with E-state index in [1.165, 1.54) is 0 Å². The van der Waals surface area contributed by atoms with Crippen LogP contribution in [0.5, 0.6) is 0 Å². The Hall–Kier alpha value is -1.62. The van der Waals surface area contributed by atoms with Gasteiger partial charge in [0.05, 0.1) is 13.2 Å². The molecule has 2 fully saturated rings. The van der Waals surface area contributed by atoms with Gasteiger partial charge in [-0.1, -0.05) is 24.0 Å². The molecule has 3 rings (SSSR count). The zero-order valence-corrected chi connectivity index (χ0v) is 16.8. The van der Waals surface area contributed by atoms with Gasteiger partial charge in [-0.15, -0.1) is 0 Å². The quantitative estimate of drug-likeness (QED) is 0.222. The van der Waals surface area contributed by atoms with E-state index in [2.05, 4.69) is 11.8 Å². The van der Waals surface area contributed by atoms with Crippen LogP contribution in [0.3, 0.4) is 0 Å². The molecule has 31 heavy (non-hydrogen) atoms. The van der Waals surface area contributed by atoms with Crippen LogP contribution in [0, 0.1) is 18.8 Å². The summed E-state index contributed by atoms with van der Waals surface area (Å²) in [5.41, 5.74) is 1.73. The lowest BCUT2D eigenvalue weighted by Crippen LogP contribution is -2.58. The van der Waals surface area contributed by atoms with Crippen molar-refractivity contribution < 1.29 is 50.3 Å². The molecule has 2 saturated heterocycles. The smallest absolute Gasteiger partial charge is 0.147 e. The molecular formula is C21H28O10. The molecule has 10 nitrogen and oxygen atoms in total. The van der Waals surface area contributed by atoms with E-state index in [0.29, 0.717) is 16.7 Å². The van der Waals surface area contributed by atoms with Crippen molar-refractivity contribution in [3.63, 3.8) is 0 Å². The first-order chi connectivity index (χ1) is 14.7. The molecule has 2 aliphatic heterocycles. The summed E-state index contributed by atoms with van der Waals surface area (Å²) in [4.78, 5) is 0. The maximum Gasteiger partial charge on any atom is 0.147 e. The number of aliphatic hydroxyl groups is 8. The zero-order chi connectivity index (χ0) is 22.9. The van der Waals surface area contributed by atoms with E-state index in [1.54, 1.807) is 25.1 Å². The topological polar surface area (TPSA) is 180 Å². The van der Waals surface area contributed by atoms with Crippen LogP contribution in [0.2, 0.25) is 0 Å². The second-order valence-corrected chi connectivity index (χ2v) is 7.84. The Bertz CT molecular complexity index is 816. The maximum atomic E-state index is 10.3. The third kappa shape index (κ3) is 4.76. The molecular weight excluding hydrogens is 412 g/mol. The molecule has 10 atom stereocenters. The van der Waals surface area contributed by atoms with Crippen LogP contribution in [-0.2, 0) is 9.47 Å². The Morgan fingerprint density at radius 2 is 1.35 bits per heavy atom. The van der Waals surface area contributed by atoms with E-state index in [4.69, 9.17) is 9.47 Å². The SMILES string of the molecule is Cc1cc([C@H]2OC(CO)[C@@H](O)C(O)C2O)ccc1C#CC1OC(CO)[C@@H](O)C(O)C1O. The summed E-state index contributed by atoms with van der Waals surface area (Å²) in [5.74, 6) is 5.52. The Balaban J connectivity index is 1.79. The molecule has 8 N–H and O–H groups in total. The molecule has 0 bridgehead atoms. The summed E-state index contributed by atoms with van der Waals surface area (Å²) >= 11 is 0. The highest BCUT2D eigenvalue weighted by Crippen LogP contribution is 2.33. The van der Waals surface area contributed by atoms with Crippen LogP contribution < -0.4 is 0 Å². The molecule has 172 valence electrons. The van der Waals surface area contributed by atoms with Crippen LogP contribution in [0.4, 0.5) is 0 Å². The second-order valence-electron chi connectivity index (χ2n) is 7.84. The van der Waals surface area contributed by atoms with Crippen LogP contribution in [0.1, 0.15) is 22.8 Å². The third-order valence-electron chi connectivity index (χ3n) is 5.71. The summed E-state index contributed by atoms with van der Waals surface area (Å²) in [6.45, 7) is 0.670. The first-order valence-electron chi connectivity index (χ1n) is 9.92. The molecule has 0 saturated carbocycles. The van der Waals surface area contributed by atoms with Gasteiger partial charge in [-0.3, -0.25) is 0 Å². The lowest BCUT2D eigenvalue weighted by atomic mass is 9.90. The van der Waals surface area contributed by atoms with Gasteiger partial charge in [0.2, 0.25) is 0 Å². The van der Waals surface area contributed by atoms with Crippen molar-refractivity contribution in [3.8, 4) is 11.8 Å². The largest absolute Gasteiger partial charge is 0.394 e. The normalized spacial score (nSPS) is 40.8. The van der Waals surface area contributed by atoms with Crippen molar-refractivity contribution in [1.82, 2.24) is 0 Å². The van der Waals surface area contributed by atoms with Gasteiger partial charge in [-0.05, 0) is 24.1 Å². The number of ether oxygens (including phenoxy) is 2. The van der Waals surface area contributed by atoms with Crippen molar-refractivity contribution in [1.29, 1.82) is 0 Å². The fourth-order valence-corrected chi connectivity index (χ4v) is 3.75. The molecule has 0 aromatic heterocycles. The molecule has 2 aliphatic rings. The minimum atomic E-state index is -1.51. The minimum Gasteiger partial charge on any atom is -0.394 e. The van der Waals surface area contributed by atoms with Gasteiger partial charge in [-0.2, -0.15) is 0 Å². The Morgan fingerprint density at radius 1 is 0.774 bits per heavy atom. The minimum absolute atomic E-state index is 0.507. The lowest BCUT2D eigenvalue weighted by Gasteiger charge is -2.40. The average Bonchev–Trinajstić information content (AvgIpc) is 2.76. The Morgan fingerprint density at radius 3 is 1.94 bits per heavy atom. The van der Waals surface area contributed by atoms with Gasteiger partial charge in [0, 0.05) is 5.56 Å². The standard InChI is InChI=1S/C21H28O10/c1-9-6-11(21-20(29)19(28)17(26)14(8-23)31-21)3-2-10(9)4-5-12-15(24)18(27)16(25)13(7-22)30-12/h2-3,6,12-29H,7-8H2,1H3/t12?,13?,14?,15?,16-,17-,18?,19?,20?,21-/m1/s1.